The van der Waals surface area contributed by atoms with Crippen LogP contribution in [-0.2, 0) is 11.2 Å². The molecule has 0 fully saturated rings. The van der Waals surface area contributed by atoms with Gasteiger partial charge in [-0.15, -0.1) is 0 Å². The molecule has 0 unspecified atom stereocenters. The molecule has 1 aromatic rings. The molecule has 0 spiro atoms. The van der Waals surface area contributed by atoms with E-state index in [1.807, 2.05) is 0 Å². The summed E-state index contributed by atoms with van der Waals surface area (Å²) in [6, 6.07) is 2.08. The summed E-state index contributed by atoms with van der Waals surface area (Å²) in [7, 11) is 0. The van der Waals surface area contributed by atoms with Crippen LogP contribution < -0.4 is 5.73 Å². The molecule has 0 radical (unpaired) electrons. The molecule has 0 amide bonds. The van der Waals surface area contributed by atoms with E-state index in [-0.39, 0.29) is 22.7 Å². The summed E-state index contributed by atoms with van der Waals surface area (Å²) in [5, 5.41) is 8.52. The molecule has 0 aliphatic heterocycles. The number of carboxylic acids is 1. The predicted molar refractivity (Wildman–Crippen MR) is 47.2 cm³/mol. The summed E-state index contributed by atoms with van der Waals surface area (Å²) < 4.78 is 12.6. The number of aliphatic carboxylic acids is 1. The maximum Gasteiger partial charge on any atom is 0.307 e. The monoisotopic (exact) mass is 203 g/mol. The van der Waals surface area contributed by atoms with Crippen LogP contribution in [0.15, 0.2) is 12.1 Å². The first-order chi connectivity index (χ1) is 6.00. The summed E-state index contributed by atoms with van der Waals surface area (Å²) in [6.07, 6.45) is -0.301. The lowest BCUT2D eigenvalue weighted by Gasteiger charge is -2.05. The van der Waals surface area contributed by atoms with E-state index in [2.05, 4.69) is 0 Å². The second-order valence-corrected chi connectivity index (χ2v) is 2.93. The Morgan fingerprint density at radius 1 is 1.62 bits per heavy atom. The predicted octanol–water partition coefficient (Wildman–Crippen LogP) is 1.69. The third kappa shape index (κ3) is 2.32. The minimum atomic E-state index is -1.06. The Balaban J connectivity index is 3.13. The smallest absolute Gasteiger partial charge is 0.307 e. The molecule has 0 heterocycles. The lowest BCUT2D eigenvalue weighted by Crippen LogP contribution is -2.04. The number of carbonyl (C=O) groups is 1. The van der Waals surface area contributed by atoms with Gasteiger partial charge in [0.15, 0.2) is 0 Å². The van der Waals surface area contributed by atoms with Gasteiger partial charge in [-0.25, -0.2) is 4.39 Å². The van der Waals surface area contributed by atoms with E-state index < -0.39 is 11.8 Å². The number of hydrogen-bond donors (Lipinski definition) is 2. The molecule has 1 rings (SSSR count). The van der Waals surface area contributed by atoms with E-state index in [1.54, 1.807) is 0 Å². The highest BCUT2D eigenvalue weighted by Crippen LogP contribution is 2.24. The molecular weight excluding hydrogens is 197 g/mol. The van der Waals surface area contributed by atoms with Crippen molar-refractivity contribution < 1.29 is 14.3 Å². The summed E-state index contributed by atoms with van der Waals surface area (Å²) in [5.74, 6) is -1.63. The molecular formula is C8H7ClFNO2. The molecule has 0 aliphatic rings. The summed E-state index contributed by atoms with van der Waals surface area (Å²) in [4.78, 5) is 10.4. The first-order valence-electron chi connectivity index (χ1n) is 3.46. The van der Waals surface area contributed by atoms with Crippen molar-refractivity contribution >= 4 is 23.3 Å². The normalized spacial score (nSPS) is 10.0. The van der Waals surface area contributed by atoms with Gasteiger partial charge in [0, 0.05) is 16.3 Å². The van der Waals surface area contributed by atoms with E-state index >= 15 is 0 Å². The number of nitrogen functional groups attached to an aromatic ring is 1. The highest BCUT2D eigenvalue weighted by atomic mass is 35.5. The molecule has 0 saturated heterocycles. The Hall–Kier alpha value is -1.29. The average molecular weight is 204 g/mol. The number of hydrogen-bond acceptors (Lipinski definition) is 2. The number of nitrogens with two attached hydrogens (primary N) is 1. The molecule has 0 atom stereocenters. The van der Waals surface area contributed by atoms with Gasteiger partial charge in [0.1, 0.15) is 5.82 Å². The van der Waals surface area contributed by atoms with E-state index in [9.17, 15) is 9.18 Å². The van der Waals surface area contributed by atoms with E-state index in [0.717, 1.165) is 12.1 Å². The number of anilines is 1. The highest BCUT2D eigenvalue weighted by Gasteiger charge is 2.10. The molecule has 5 heteroatoms. The fraction of sp³-hybridized carbons (Fsp3) is 0.125. The Labute approximate surface area is 78.9 Å². The van der Waals surface area contributed by atoms with Crippen LogP contribution in [0.25, 0.3) is 0 Å². The highest BCUT2D eigenvalue weighted by molar-refractivity contribution is 6.31. The molecule has 3 nitrogen and oxygen atoms in total. The molecule has 13 heavy (non-hydrogen) atoms. The number of carboxylic acid groups (broad SMARTS) is 1. The van der Waals surface area contributed by atoms with Crippen molar-refractivity contribution in [2.45, 2.75) is 6.42 Å². The van der Waals surface area contributed by atoms with Crippen molar-refractivity contribution in [1.82, 2.24) is 0 Å². The maximum absolute atomic E-state index is 12.6. The molecule has 0 aromatic heterocycles. The zero-order chi connectivity index (χ0) is 10.0. The molecule has 70 valence electrons. The Morgan fingerprint density at radius 2 is 2.23 bits per heavy atom. The van der Waals surface area contributed by atoms with Crippen LogP contribution in [0.1, 0.15) is 5.56 Å². The standard InChI is InChI=1S/C8H7ClFNO2/c9-6-1-4(10)2-7(11)5(6)3-8(12)13/h1-2H,3,11H2,(H,12,13). The largest absolute Gasteiger partial charge is 0.481 e. The van der Waals surface area contributed by atoms with Gasteiger partial charge in [-0.05, 0) is 12.1 Å². The van der Waals surface area contributed by atoms with Crippen LogP contribution in [0.2, 0.25) is 5.02 Å². The maximum atomic E-state index is 12.6. The van der Waals surface area contributed by atoms with Crippen LogP contribution >= 0.6 is 11.6 Å². The van der Waals surface area contributed by atoms with Crippen LogP contribution in [-0.4, -0.2) is 11.1 Å². The summed E-state index contributed by atoms with van der Waals surface area (Å²) in [5.41, 5.74) is 5.69. The quantitative estimate of drug-likeness (QED) is 0.719. The third-order valence-corrected chi connectivity index (χ3v) is 1.86. The molecule has 0 bridgehead atoms. The van der Waals surface area contributed by atoms with Gasteiger partial charge in [-0.2, -0.15) is 0 Å². The van der Waals surface area contributed by atoms with Gasteiger partial charge in [-0.1, -0.05) is 11.6 Å². The fourth-order valence-electron chi connectivity index (χ4n) is 0.961. The van der Waals surface area contributed by atoms with Gasteiger partial charge in [0.25, 0.3) is 0 Å². The molecule has 0 aliphatic carbocycles. The lowest BCUT2D eigenvalue weighted by molar-refractivity contribution is -0.136. The minimum Gasteiger partial charge on any atom is -0.481 e. The Morgan fingerprint density at radius 3 is 2.69 bits per heavy atom. The summed E-state index contributed by atoms with van der Waals surface area (Å²) in [6.45, 7) is 0. The van der Waals surface area contributed by atoms with Gasteiger partial charge in [0.05, 0.1) is 6.42 Å². The van der Waals surface area contributed by atoms with Crippen molar-refractivity contribution in [3.8, 4) is 0 Å². The second kappa shape index (κ2) is 3.62. The van der Waals surface area contributed by atoms with Crippen molar-refractivity contribution in [3.63, 3.8) is 0 Å². The van der Waals surface area contributed by atoms with Gasteiger partial charge in [0.2, 0.25) is 0 Å². The van der Waals surface area contributed by atoms with Crippen molar-refractivity contribution in [2.75, 3.05) is 5.73 Å². The van der Waals surface area contributed by atoms with Gasteiger partial charge >= 0.3 is 5.97 Å². The summed E-state index contributed by atoms with van der Waals surface area (Å²) >= 11 is 5.60. The van der Waals surface area contributed by atoms with E-state index in [4.69, 9.17) is 22.4 Å². The number of rotatable bonds is 2. The third-order valence-electron chi connectivity index (χ3n) is 1.52. The Bertz CT molecular complexity index is 331. The number of halogens is 2. The Kier molecular flexibility index (Phi) is 2.72. The van der Waals surface area contributed by atoms with E-state index in [1.165, 1.54) is 0 Å². The van der Waals surface area contributed by atoms with Crippen LogP contribution in [0, 0.1) is 5.82 Å². The minimum absolute atomic E-state index is 0.0416. The average Bonchev–Trinajstić information content (AvgIpc) is 1.96. The lowest BCUT2D eigenvalue weighted by atomic mass is 10.1. The van der Waals surface area contributed by atoms with Crippen molar-refractivity contribution in [1.29, 1.82) is 0 Å². The topological polar surface area (TPSA) is 63.3 Å². The van der Waals surface area contributed by atoms with Gasteiger partial charge in [-0.3, -0.25) is 4.79 Å². The van der Waals surface area contributed by atoms with Crippen LogP contribution in [0.3, 0.4) is 0 Å². The van der Waals surface area contributed by atoms with Gasteiger partial charge < -0.3 is 10.8 Å². The first kappa shape index (κ1) is 9.80. The molecule has 0 saturated carbocycles. The number of benzene rings is 1. The first-order valence-corrected chi connectivity index (χ1v) is 3.83. The van der Waals surface area contributed by atoms with Crippen LogP contribution in [0.5, 0.6) is 0 Å². The second-order valence-electron chi connectivity index (χ2n) is 2.53. The zero-order valence-electron chi connectivity index (χ0n) is 6.55. The SMILES string of the molecule is Nc1cc(F)cc(Cl)c1CC(=O)O. The molecule has 1 aromatic carbocycles. The van der Waals surface area contributed by atoms with Crippen molar-refractivity contribution in [2.24, 2.45) is 0 Å². The van der Waals surface area contributed by atoms with Crippen LogP contribution in [0.4, 0.5) is 10.1 Å². The molecule has 3 N–H and O–H groups in total. The van der Waals surface area contributed by atoms with E-state index in [0.29, 0.717) is 0 Å². The fourth-order valence-corrected chi connectivity index (χ4v) is 1.24. The van der Waals surface area contributed by atoms with Crippen molar-refractivity contribution in [3.05, 3.63) is 28.5 Å². The zero-order valence-corrected chi connectivity index (χ0v) is 7.31.